The highest BCUT2D eigenvalue weighted by molar-refractivity contribution is 9.09. The SMILES string of the molecule is CC(C)n1cc(OC2CC(Br)C2(C)C)cn1. The van der Waals surface area contributed by atoms with Gasteiger partial charge in [0.25, 0.3) is 0 Å². The normalized spacial score (nSPS) is 27.9. The first-order valence-electron chi connectivity index (χ1n) is 5.76. The van der Waals surface area contributed by atoms with Crippen molar-refractivity contribution < 1.29 is 4.74 Å². The van der Waals surface area contributed by atoms with E-state index in [9.17, 15) is 0 Å². The van der Waals surface area contributed by atoms with E-state index in [1.54, 1.807) is 6.20 Å². The molecule has 0 aliphatic heterocycles. The summed E-state index contributed by atoms with van der Waals surface area (Å²) < 4.78 is 7.88. The molecular weight excluding hydrogens is 268 g/mol. The molecular formula is C12H19BrN2O. The zero-order valence-corrected chi connectivity index (χ0v) is 11.9. The van der Waals surface area contributed by atoms with Crippen molar-refractivity contribution in [3.8, 4) is 5.75 Å². The Morgan fingerprint density at radius 2 is 2.25 bits per heavy atom. The monoisotopic (exact) mass is 286 g/mol. The van der Waals surface area contributed by atoms with Crippen LogP contribution in [0.4, 0.5) is 0 Å². The van der Waals surface area contributed by atoms with Crippen LogP contribution in [0.3, 0.4) is 0 Å². The van der Waals surface area contributed by atoms with Gasteiger partial charge in [0.1, 0.15) is 6.10 Å². The number of halogens is 1. The van der Waals surface area contributed by atoms with E-state index in [1.165, 1.54) is 0 Å². The third-order valence-electron chi connectivity index (χ3n) is 3.44. The molecule has 4 heteroatoms. The molecule has 1 heterocycles. The van der Waals surface area contributed by atoms with Gasteiger partial charge in [0, 0.05) is 16.3 Å². The average molecular weight is 287 g/mol. The highest BCUT2D eigenvalue weighted by Gasteiger charge is 2.48. The van der Waals surface area contributed by atoms with Gasteiger partial charge >= 0.3 is 0 Å². The lowest BCUT2D eigenvalue weighted by Gasteiger charge is -2.48. The molecule has 1 saturated carbocycles. The van der Waals surface area contributed by atoms with Crippen molar-refractivity contribution in [2.45, 2.75) is 51.1 Å². The van der Waals surface area contributed by atoms with Crippen molar-refractivity contribution in [1.82, 2.24) is 9.78 Å². The second-order valence-electron chi connectivity index (χ2n) is 5.38. The smallest absolute Gasteiger partial charge is 0.157 e. The predicted octanol–water partition coefficient (Wildman–Crippen LogP) is 3.40. The Bertz CT molecular complexity index is 373. The molecule has 0 aromatic carbocycles. The Labute approximate surface area is 105 Å². The molecule has 1 aliphatic carbocycles. The van der Waals surface area contributed by atoms with Crippen molar-refractivity contribution in [3.63, 3.8) is 0 Å². The summed E-state index contributed by atoms with van der Waals surface area (Å²) in [6.45, 7) is 8.68. The molecule has 1 aromatic heterocycles. The summed E-state index contributed by atoms with van der Waals surface area (Å²) in [5.41, 5.74) is 0.208. The van der Waals surface area contributed by atoms with Crippen LogP contribution in [0, 0.1) is 5.41 Å². The summed E-state index contributed by atoms with van der Waals surface area (Å²) in [7, 11) is 0. The average Bonchev–Trinajstić information content (AvgIpc) is 2.66. The zero-order chi connectivity index (χ0) is 11.9. The molecule has 0 saturated heterocycles. The molecule has 2 unspecified atom stereocenters. The van der Waals surface area contributed by atoms with E-state index in [1.807, 2.05) is 10.9 Å². The van der Waals surface area contributed by atoms with Gasteiger partial charge in [-0.25, -0.2) is 0 Å². The van der Waals surface area contributed by atoms with Gasteiger partial charge in [0.05, 0.1) is 12.4 Å². The number of aromatic nitrogens is 2. The van der Waals surface area contributed by atoms with Crippen LogP contribution >= 0.6 is 15.9 Å². The van der Waals surface area contributed by atoms with Crippen LogP contribution in [-0.4, -0.2) is 20.7 Å². The molecule has 1 aromatic rings. The first-order chi connectivity index (χ1) is 7.41. The van der Waals surface area contributed by atoms with Crippen LogP contribution in [0.1, 0.15) is 40.2 Å². The van der Waals surface area contributed by atoms with Crippen molar-refractivity contribution in [3.05, 3.63) is 12.4 Å². The number of hydrogen-bond donors (Lipinski definition) is 0. The maximum atomic E-state index is 5.95. The van der Waals surface area contributed by atoms with Crippen molar-refractivity contribution in [2.75, 3.05) is 0 Å². The number of nitrogens with zero attached hydrogens (tertiary/aromatic N) is 2. The Kier molecular flexibility index (Phi) is 3.03. The number of alkyl halides is 1. The van der Waals surface area contributed by atoms with Gasteiger partial charge in [-0.1, -0.05) is 29.8 Å². The molecule has 2 rings (SSSR count). The van der Waals surface area contributed by atoms with Crippen molar-refractivity contribution in [1.29, 1.82) is 0 Å². The fourth-order valence-corrected chi connectivity index (χ4v) is 2.50. The molecule has 0 spiro atoms. The van der Waals surface area contributed by atoms with Gasteiger partial charge in [-0.2, -0.15) is 5.10 Å². The molecule has 1 fully saturated rings. The van der Waals surface area contributed by atoms with Crippen LogP contribution in [0.2, 0.25) is 0 Å². The van der Waals surface area contributed by atoms with E-state index in [2.05, 4.69) is 48.7 Å². The van der Waals surface area contributed by atoms with Gasteiger partial charge < -0.3 is 4.74 Å². The second-order valence-corrected chi connectivity index (χ2v) is 6.49. The third kappa shape index (κ3) is 1.99. The summed E-state index contributed by atoms with van der Waals surface area (Å²) in [5.74, 6) is 0.881. The van der Waals surface area contributed by atoms with E-state index in [0.717, 1.165) is 12.2 Å². The summed E-state index contributed by atoms with van der Waals surface area (Å²) in [5, 5.41) is 4.27. The molecule has 0 bridgehead atoms. The Morgan fingerprint density at radius 3 is 2.69 bits per heavy atom. The van der Waals surface area contributed by atoms with Crippen LogP contribution in [-0.2, 0) is 0 Å². The molecule has 0 N–H and O–H groups in total. The summed E-state index contributed by atoms with van der Waals surface area (Å²) in [6, 6.07) is 0.385. The van der Waals surface area contributed by atoms with Gasteiger partial charge in [-0.15, -0.1) is 0 Å². The minimum absolute atomic E-state index is 0.208. The van der Waals surface area contributed by atoms with Gasteiger partial charge in [-0.3, -0.25) is 4.68 Å². The molecule has 0 amide bonds. The molecule has 16 heavy (non-hydrogen) atoms. The van der Waals surface area contributed by atoms with E-state index in [4.69, 9.17) is 4.74 Å². The highest BCUT2D eigenvalue weighted by Crippen LogP contribution is 2.47. The molecule has 3 nitrogen and oxygen atoms in total. The lowest BCUT2D eigenvalue weighted by atomic mass is 9.69. The Hall–Kier alpha value is -0.510. The quantitative estimate of drug-likeness (QED) is 0.797. The van der Waals surface area contributed by atoms with E-state index in [-0.39, 0.29) is 5.41 Å². The highest BCUT2D eigenvalue weighted by atomic mass is 79.9. The summed E-state index contributed by atoms with van der Waals surface area (Å²) >= 11 is 3.66. The fourth-order valence-electron chi connectivity index (χ4n) is 1.86. The van der Waals surface area contributed by atoms with Gasteiger partial charge in [0.2, 0.25) is 0 Å². The topological polar surface area (TPSA) is 27.1 Å². The minimum atomic E-state index is 0.208. The largest absolute Gasteiger partial charge is 0.486 e. The first-order valence-corrected chi connectivity index (χ1v) is 6.67. The van der Waals surface area contributed by atoms with E-state index < -0.39 is 0 Å². The van der Waals surface area contributed by atoms with Crippen molar-refractivity contribution >= 4 is 15.9 Å². The minimum Gasteiger partial charge on any atom is -0.486 e. The Balaban J connectivity index is 2.00. The summed E-state index contributed by atoms with van der Waals surface area (Å²) in [6.07, 6.45) is 5.14. The Morgan fingerprint density at radius 1 is 1.56 bits per heavy atom. The fraction of sp³-hybridized carbons (Fsp3) is 0.750. The summed E-state index contributed by atoms with van der Waals surface area (Å²) in [4.78, 5) is 0.560. The van der Waals surface area contributed by atoms with Crippen LogP contribution in [0.15, 0.2) is 12.4 Å². The molecule has 0 radical (unpaired) electrons. The van der Waals surface area contributed by atoms with Gasteiger partial charge in [0.15, 0.2) is 5.75 Å². The number of hydrogen-bond acceptors (Lipinski definition) is 2. The molecule has 90 valence electrons. The number of rotatable bonds is 3. The van der Waals surface area contributed by atoms with Crippen LogP contribution in [0.25, 0.3) is 0 Å². The van der Waals surface area contributed by atoms with Crippen LogP contribution < -0.4 is 4.74 Å². The van der Waals surface area contributed by atoms with Crippen LogP contribution in [0.5, 0.6) is 5.75 Å². The standard InChI is InChI=1S/C12H19BrN2O/c1-8(2)15-7-9(6-14-15)16-11-5-10(13)12(11,3)4/h6-8,10-11H,5H2,1-4H3. The predicted molar refractivity (Wildman–Crippen MR) is 68.1 cm³/mol. The first kappa shape index (κ1) is 12.0. The molecule has 1 aliphatic rings. The number of ether oxygens (including phenoxy) is 1. The van der Waals surface area contributed by atoms with Gasteiger partial charge in [-0.05, 0) is 20.3 Å². The zero-order valence-electron chi connectivity index (χ0n) is 10.3. The second kappa shape index (κ2) is 4.06. The van der Waals surface area contributed by atoms with Crippen molar-refractivity contribution in [2.24, 2.45) is 5.41 Å². The molecule has 2 atom stereocenters. The maximum absolute atomic E-state index is 5.95. The van der Waals surface area contributed by atoms with E-state index in [0.29, 0.717) is 17.0 Å². The van der Waals surface area contributed by atoms with E-state index >= 15 is 0 Å². The lowest BCUT2D eigenvalue weighted by Crippen LogP contribution is -2.53. The third-order valence-corrected chi connectivity index (χ3v) is 5.00. The maximum Gasteiger partial charge on any atom is 0.157 e. The lowest BCUT2D eigenvalue weighted by molar-refractivity contribution is -0.00787.